The molecular formula is C14H19N3O. The summed E-state index contributed by atoms with van der Waals surface area (Å²) in [6, 6.07) is 5.96. The first kappa shape index (κ1) is 11.5. The molecule has 3 rings (SSSR count). The Kier molecular flexibility index (Phi) is 2.74. The number of anilines is 1. The average Bonchev–Trinajstić information content (AvgIpc) is 2.65. The van der Waals surface area contributed by atoms with E-state index in [9.17, 15) is 5.11 Å². The molecule has 4 heteroatoms. The van der Waals surface area contributed by atoms with Gasteiger partial charge in [0.05, 0.1) is 23.2 Å². The van der Waals surface area contributed by atoms with Gasteiger partial charge in [-0.3, -0.25) is 0 Å². The predicted molar refractivity (Wildman–Crippen MR) is 72.4 cm³/mol. The first-order valence-corrected chi connectivity index (χ1v) is 6.59. The first-order chi connectivity index (χ1) is 8.66. The maximum absolute atomic E-state index is 10.2. The minimum Gasteiger partial charge on any atom is -0.399 e. The molecule has 0 amide bonds. The Hall–Kier alpha value is -1.55. The van der Waals surface area contributed by atoms with Crippen molar-refractivity contribution in [3.05, 3.63) is 24.0 Å². The van der Waals surface area contributed by atoms with Crippen LogP contribution in [0.4, 0.5) is 5.69 Å². The number of aliphatic hydroxyl groups excluding tert-OH is 1. The molecule has 1 saturated carbocycles. The molecule has 0 radical (unpaired) electrons. The molecule has 1 aromatic carbocycles. The monoisotopic (exact) mass is 245 g/mol. The van der Waals surface area contributed by atoms with Crippen LogP contribution in [0.3, 0.4) is 0 Å². The fourth-order valence-electron chi connectivity index (χ4n) is 3.05. The number of nitrogens with two attached hydrogens (primary N) is 1. The van der Waals surface area contributed by atoms with Crippen molar-refractivity contribution in [2.45, 2.75) is 44.8 Å². The SMILES string of the molecule is Cc1nc2cc(N)ccc2n1C1CCCCC1O. The lowest BCUT2D eigenvalue weighted by atomic mass is 9.92. The average molecular weight is 245 g/mol. The molecule has 2 atom stereocenters. The van der Waals surface area contributed by atoms with E-state index in [0.29, 0.717) is 0 Å². The third-order valence-electron chi connectivity index (χ3n) is 3.92. The highest BCUT2D eigenvalue weighted by Crippen LogP contribution is 2.33. The van der Waals surface area contributed by atoms with Crippen LogP contribution in [-0.4, -0.2) is 20.8 Å². The van der Waals surface area contributed by atoms with Crippen LogP contribution in [0.15, 0.2) is 18.2 Å². The van der Waals surface area contributed by atoms with Crippen LogP contribution in [0.1, 0.15) is 37.5 Å². The number of fused-ring (bicyclic) bond motifs is 1. The van der Waals surface area contributed by atoms with E-state index in [1.165, 1.54) is 6.42 Å². The molecule has 1 heterocycles. The van der Waals surface area contributed by atoms with Crippen molar-refractivity contribution < 1.29 is 5.11 Å². The number of nitrogen functional groups attached to an aromatic ring is 1. The number of hydrogen-bond donors (Lipinski definition) is 2. The number of aliphatic hydroxyl groups is 1. The molecule has 0 saturated heterocycles. The molecule has 0 bridgehead atoms. The number of rotatable bonds is 1. The molecule has 1 aliphatic carbocycles. The van der Waals surface area contributed by atoms with Crippen LogP contribution in [-0.2, 0) is 0 Å². The number of benzene rings is 1. The van der Waals surface area contributed by atoms with Crippen molar-refractivity contribution in [2.75, 3.05) is 5.73 Å². The second-order valence-corrected chi connectivity index (χ2v) is 5.20. The van der Waals surface area contributed by atoms with Gasteiger partial charge in [-0.05, 0) is 38.0 Å². The third kappa shape index (κ3) is 1.77. The zero-order chi connectivity index (χ0) is 12.7. The number of aromatic nitrogens is 2. The van der Waals surface area contributed by atoms with Gasteiger partial charge in [0.2, 0.25) is 0 Å². The van der Waals surface area contributed by atoms with Crippen LogP contribution in [0, 0.1) is 6.92 Å². The summed E-state index contributed by atoms with van der Waals surface area (Å²) in [4.78, 5) is 4.56. The minimum atomic E-state index is -0.257. The quantitative estimate of drug-likeness (QED) is 0.758. The Bertz CT molecular complexity index is 576. The normalized spacial score (nSPS) is 24.6. The summed E-state index contributed by atoms with van der Waals surface area (Å²) in [5.41, 5.74) is 8.52. The van der Waals surface area contributed by atoms with Crippen LogP contribution in [0.5, 0.6) is 0 Å². The van der Waals surface area contributed by atoms with Gasteiger partial charge in [0.25, 0.3) is 0 Å². The van der Waals surface area contributed by atoms with E-state index in [4.69, 9.17) is 5.73 Å². The largest absolute Gasteiger partial charge is 0.399 e. The Labute approximate surface area is 106 Å². The van der Waals surface area contributed by atoms with Crippen LogP contribution >= 0.6 is 0 Å². The lowest BCUT2D eigenvalue weighted by Gasteiger charge is -2.30. The Morgan fingerprint density at radius 3 is 2.89 bits per heavy atom. The number of nitrogens with zero attached hydrogens (tertiary/aromatic N) is 2. The summed E-state index contributed by atoms with van der Waals surface area (Å²) < 4.78 is 2.18. The predicted octanol–water partition coefficient (Wildman–Crippen LogP) is 2.40. The maximum atomic E-state index is 10.2. The van der Waals surface area contributed by atoms with Crippen LogP contribution in [0.25, 0.3) is 11.0 Å². The number of aryl methyl sites for hydroxylation is 1. The van der Waals surface area contributed by atoms with E-state index in [1.807, 2.05) is 25.1 Å². The van der Waals surface area contributed by atoms with Crippen molar-refractivity contribution in [3.8, 4) is 0 Å². The minimum absolute atomic E-state index is 0.160. The summed E-state index contributed by atoms with van der Waals surface area (Å²) in [6.07, 6.45) is 3.95. The highest BCUT2D eigenvalue weighted by atomic mass is 16.3. The molecule has 18 heavy (non-hydrogen) atoms. The highest BCUT2D eigenvalue weighted by molar-refractivity contribution is 5.79. The van der Waals surface area contributed by atoms with Crippen molar-refractivity contribution in [1.82, 2.24) is 9.55 Å². The second-order valence-electron chi connectivity index (χ2n) is 5.20. The van der Waals surface area contributed by atoms with E-state index >= 15 is 0 Å². The van der Waals surface area contributed by atoms with Crippen LogP contribution < -0.4 is 5.73 Å². The molecule has 1 aliphatic rings. The molecule has 3 N–H and O–H groups in total. The summed E-state index contributed by atoms with van der Waals surface area (Å²) >= 11 is 0. The summed E-state index contributed by atoms with van der Waals surface area (Å²) in [7, 11) is 0. The van der Waals surface area contributed by atoms with Crippen molar-refractivity contribution in [2.24, 2.45) is 0 Å². The number of imidazole rings is 1. The molecule has 0 spiro atoms. The Balaban J connectivity index is 2.12. The maximum Gasteiger partial charge on any atom is 0.107 e. The molecule has 96 valence electrons. The molecule has 0 aliphatic heterocycles. The molecule has 2 aromatic rings. The lowest BCUT2D eigenvalue weighted by Crippen LogP contribution is -2.28. The van der Waals surface area contributed by atoms with Crippen molar-refractivity contribution in [1.29, 1.82) is 0 Å². The molecule has 2 unspecified atom stereocenters. The fourth-order valence-corrected chi connectivity index (χ4v) is 3.05. The van der Waals surface area contributed by atoms with E-state index in [1.54, 1.807) is 0 Å². The smallest absolute Gasteiger partial charge is 0.107 e. The zero-order valence-corrected chi connectivity index (χ0v) is 10.6. The topological polar surface area (TPSA) is 64.1 Å². The van der Waals surface area contributed by atoms with E-state index in [0.717, 1.165) is 41.8 Å². The molecule has 4 nitrogen and oxygen atoms in total. The standard InChI is InChI=1S/C14H19N3O/c1-9-16-11-8-10(15)6-7-12(11)17(9)13-4-2-3-5-14(13)18/h6-8,13-14,18H,2-5,15H2,1H3. The summed E-state index contributed by atoms with van der Waals surface area (Å²) in [5, 5.41) is 10.2. The summed E-state index contributed by atoms with van der Waals surface area (Å²) in [5.74, 6) is 0.960. The fraction of sp³-hybridized carbons (Fsp3) is 0.500. The van der Waals surface area contributed by atoms with Gasteiger partial charge in [-0.25, -0.2) is 4.98 Å². The van der Waals surface area contributed by atoms with Gasteiger partial charge in [-0.1, -0.05) is 12.8 Å². The van der Waals surface area contributed by atoms with Crippen molar-refractivity contribution in [3.63, 3.8) is 0 Å². The lowest BCUT2D eigenvalue weighted by molar-refractivity contribution is 0.0763. The van der Waals surface area contributed by atoms with Crippen LogP contribution in [0.2, 0.25) is 0 Å². The number of hydrogen-bond acceptors (Lipinski definition) is 3. The van der Waals surface area contributed by atoms with Gasteiger partial charge >= 0.3 is 0 Å². The van der Waals surface area contributed by atoms with E-state index < -0.39 is 0 Å². The van der Waals surface area contributed by atoms with Gasteiger partial charge < -0.3 is 15.4 Å². The second kappa shape index (κ2) is 4.28. The van der Waals surface area contributed by atoms with Gasteiger partial charge in [0.15, 0.2) is 0 Å². The molecule has 1 aromatic heterocycles. The van der Waals surface area contributed by atoms with Gasteiger partial charge in [0.1, 0.15) is 5.82 Å². The Morgan fingerprint density at radius 2 is 2.11 bits per heavy atom. The molecule has 1 fully saturated rings. The van der Waals surface area contributed by atoms with E-state index in [2.05, 4.69) is 9.55 Å². The van der Waals surface area contributed by atoms with Crippen molar-refractivity contribution >= 4 is 16.7 Å². The zero-order valence-electron chi connectivity index (χ0n) is 10.6. The van der Waals surface area contributed by atoms with Gasteiger partial charge in [-0.2, -0.15) is 0 Å². The van der Waals surface area contributed by atoms with E-state index in [-0.39, 0.29) is 12.1 Å². The summed E-state index contributed by atoms with van der Waals surface area (Å²) in [6.45, 7) is 2.00. The van der Waals surface area contributed by atoms with Gasteiger partial charge in [0, 0.05) is 5.69 Å². The molecular weight excluding hydrogens is 226 g/mol. The highest BCUT2D eigenvalue weighted by Gasteiger charge is 2.27. The Morgan fingerprint density at radius 1 is 1.33 bits per heavy atom. The first-order valence-electron chi connectivity index (χ1n) is 6.59. The van der Waals surface area contributed by atoms with Gasteiger partial charge in [-0.15, -0.1) is 0 Å². The third-order valence-corrected chi connectivity index (χ3v) is 3.92.